The number of nitrogens with zero attached hydrogens (tertiary/aromatic N) is 2. The zero-order chi connectivity index (χ0) is 24.0. The fourth-order valence-electron chi connectivity index (χ4n) is 4.37. The van der Waals surface area contributed by atoms with E-state index in [0.29, 0.717) is 13.0 Å². The van der Waals surface area contributed by atoms with Gasteiger partial charge in [-0.25, -0.2) is 4.98 Å². The van der Waals surface area contributed by atoms with Crippen LogP contribution in [-0.2, 0) is 14.3 Å². The molecular formula is C22H28F3N3O5. The predicted molar refractivity (Wildman–Crippen MR) is 110 cm³/mol. The standard InChI is InChI=1S/C22H28F3N3O5/c1-32-18(29)12-27-20(30)19-17(5-2-10-26-19)33-13-16-4-3-11-28(16)21(31)14-6-8-15(9-7-14)22(23,24)25/h2,5,10,14-16H,3-4,6-9,11-13H2,1H3,(H,27,30). The molecule has 1 saturated heterocycles. The van der Waals surface area contributed by atoms with Gasteiger partial charge in [-0.2, -0.15) is 13.2 Å². The first-order chi connectivity index (χ1) is 15.7. The molecule has 1 unspecified atom stereocenters. The summed E-state index contributed by atoms with van der Waals surface area (Å²) in [6.07, 6.45) is -0.875. The minimum atomic E-state index is -4.21. The second kappa shape index (κ2) is 10.8. The number of esters is 1. The first-order valence-corrected chi connectivity index (χ1v) is 11.0. The lowest BCUT2D eigenvalue weighted by Gasteiger charge is -2.33. The lowest BCUT2D eigenvalue weighted by Crippen LogP contribution is -2.44. The first-order valence-electron chi connectivity index (χ1n) is 11.0. The maximum Gasteiger partial charge on any atom is 0.391 e. The Kier molecular flexibility index (Phi) is 8.15. The monoisotopic (exact) mass is 471 g/mol. The zero-order valence-electron chi connectivity index (χ0n) is 18.4. The Balaban J connectivity index is 1.57. The molecule has 0 aromatic carbocycles. The van der Waals surface area contributed by atoms with Gasteiger partial charge in [-0.3, -0.25) is 14.4 Å². The lowest BCUT2D eigenvalue weighted by molar-refractivity contribution is -0.185. The molecule has 1 saturated carbocycles. The number of pyridine rings is 1. The molecule has 1 N–H and O–H groups in total. The summed E-state index contributed by atoms with van der Waals surface area (Å²) in [7, 11) is 1.21. The summed E-state index contributed by atoms with van der Waals surface area (Å²) >= 11 is 0. The van der Waals surface area contributed by atoms with Crippen molar-refractivity contribution in [2.24, 2.45) is 11.8 Å². The van der Waals surface area contributed by atoms with E-state index in [0.717, 1.165) is 6.42 Å². The Hall–Kier alpha value is -2.85. The summed E-state index contributed by atoms with van der Waals surface area (Å²) in [4.78, 5) is 42.3. The quantitative estimate of drug-likeness (QED) is 0.615. The fourth-order valence-corrected chi connectivity index (χ4v) is 4.37. The Morgan fingerprint density at radius 1 is 1.18 bits per heavy atom. The molecule has 2 heterocycles. The summed E-state index contributed by atoms with van der Waals surface area (Å²) < 4.78 is 49.1. The van der Waals surface area contributed by atoms with Gasteiger partial charge in [-0.15, -0.1) is 0 Å². The lowest BCUT2D eigenvalue weighted by atomic mass is 9.81. The normalized spacial score (nSPS) is 23.2. The number of nitrogens with one attached hydrogen (secondary N) is 1. The van der Waals surface area contributed by atoms with Crippen LogP contribution in [0.1, 0.15) is 49.0 Å². The molecule has 0 spiro atoms. The highest BCUT2D eigenvalue weighted by molar-refractivity contribution is 5.96. The van der Waals surface area contributed by atoms with Crippen LogP contribution in [0.2, 0.25) is 0 Å². The molecule has 3 rings (SSSR count). The Labute approximate surface area is 189 Å². The first kappa shape index (κ1) is 24.8. The number of alkyl halides is 3. The molecule has 1 aliphatic heterocycles. The average Bonchev–Trinajstić information content (AvgIpc) is 3.28. The fraction of sp³-hybridized carbons (Fsp3) is 0.636. The molecule has 0 bridgehead atoms. The molecule has 1 aromatic heterocycles. The van der Waals surface area contributed by atoms with Gasteiger partial charge < -0.3 is 19.7 Å². The molecule has 2 aliphatic rings. The van der Waals surface area contributed by atoms with E-state index in [-0.39, 0.29) is 62.2 Å². The van der Waals surface area contributed by atoms with E-state index < -0.39 is 29.9 Å². The molecule has 1 aliphatic carbocycles. The van der Waals surface area contributed by atoms with Crippen LogP contribution in [0.3, 0.4) is 0 Å². The summed E-state index contributed by atoms with van der Waals surface area (Å²) in [6, 6.07) is 2.94. The molecule has 2 amide bonds. The van der Waals surface area contributed by atoms with Crippen LogP contribution in [0.25, 0.3) is 0 Å². The Bertz CT molecular complexity index is 856. The van der Waals surface area contributed by atoms with Gasteiger partial charge in [0.05, 0.1) is 19.1 Å². The summed E-state index contributed by atoms with van der Waals surface area (Å²) in [6.45, 7) is 0.352. The van der Waals surface area contributed by atoms with Gasteiger partial charge in [0.15, 0.2) is 11.4 Å². The maximum absolute atomic E-state index is 13.0. The molecular weight excluding hydrogens is 443 g/mol. The van der Waals surface area contributed by atoms with Crippen LogP contribution in [0, 0.1) is 11.8 Å². The third-order valence-corrected chi connectivity index (χ3v) is 6.24. The molecule has 33 heavy (non-hydrogen) atoms. The van der Waals surface area contributed by atoms with Gasteiger partial charge in [-0.1, -0.05) is 0 Å². The van der Waals surface area contributed by atoms with Crippen molar-refractivity contribution in [2.75, 3.05) is 26.8 Å². The number of rotatable bonds is 7. The van der Waals surface area contributed by atoms with E-state index >= 15 is 0 Å². The van der Waals surface area contributed by atoms with E-state index in [1.807, 2.05) is 0 Å². The second-order valence-corrected chi connectivity index (χ2v) is 8.34. The highest BCUT2D eigenvalue weighted by Gasteiger charge is 2.44. The predicted octanol–water partition coefficient (Wildman–Crippen LogP) is 2.72. The minimum absolute atomic E-state index is 0.00255. The van der Waals surface area contributed by atoms with Crippen molar-refractivity contribution >= 4 is 17.8 Å². The van der Waals surface area contributed by atoms with Crippen molar-refractivity contribution < 1.29 is 37.0 Å². The van der Waals surface area contributed by atoms with Crippen molar-refractivity contribution in [2.45, 2.75) is 50.7 Å². The molecule has 1 aromatic rings. The molecule has 0 radical (unpaired) electrons. The van der Waals surface area contributed by atoms with Crippen LogP contribution in [0.4, 0.5) is 13.2 Å². The number of carbonyl (C=O) groups excluding carboxylic acids is 3. The van der Waals surface area contributed by atoms with Crippen LogP contribution >= 0.6 is 0 Å². The van der Waals surface area contributed by atoms with Crippen LogP contribution in [0.15, 0.2) is 18.3 Å². The summed E-state index contributed by atoms with van der Waals surface area (Å²) in [5.74, 6) is -2.84. The smallest absolute Gasteiger partial charge is 0.391 e. The number of ether oxygens (including phenoxy) is 2. The van der Waals surface area contributed by atoms with Crippen LogP contribution in [-0.4, -0.2) is 66.7 Å². The number of hydrogen-bond donors (Lipinski definition) is 1. The number of likely N-dealkylation sites (tertiary alicyclic amines) is 1. The van der Waals surface area contributed by atoms with Gasteiger partial charge >= 0.3 is 12.1 Å². The number of amides is 2. The molecule has 2 fully saturated rings. The number of carbonyl (C=O) groups is 3. The summed E-state index contributed by atoms with van der Waals surface area (Å²) in [5, 5.41) is 2.40. The van der Waals surface area contributed by atoms with Crippen LogP contribution < -0.4 is 10.1 Å². The average molecular weight is 471 g/mol. The van der Waals surface area contributed by atoms with Crippen molar-refractivity contribution in [1.29, 1.82) is 0 Å². The molecule has 11 heteroatoms. The molecule has 182 valence electrons. The Morgan fingerprint density at radius 3 is 2.58 bits per heavy atom. The minimum Gasteiger partial charge on any atom is -0.489 e. The van der Waals surface area contributed by atoms with Crippen molar-refractivity contribution in [3.8, 4) is 5.75 Å². The van der Waals surface area contributed by atoms with E-state index in [1.165, 1.54) is 13.3 Å². The number of methoxy groups -OCH3 is 1. The molecule has 8 nitrogen and oxygen atoms in total. The summed E-state index contributed by atoms with van der Waals surface area (Å²) in [5.41, 5.74) is 0.00255. The largest absolute Gasteiger partial charge is 0.489 e. The van der Waals surface area contributed by atoms with Gasteiger partial charge in [0.1, 0.15) is 13.2 Å². The van der Waals surface area contributed by atoms with Gasteiger partial charge in [-0.05, 0) is 50.7 Å². The van der Waals surface area contributed by atoms with E-state index in [2.05, 4.69) is 15.0 Å². The van der Waals surface area contributed by atoms with Gasteiger partial charge in [0.2, 0.25) is 5.91 Å². The van der Waals surface area contributed by atoms with Crippen molar-refractivity contribution in [1.82, 2.24) is 15.2 Å². The van der Waals surface area contributed by atoms with Gasteiger partial charge in [0, 0.05) is 18.7 Å². The number of hydrogen-bond acceptors (Lipinski definition) is 6. The SMILES string of the molecule is COC(=O)CNC(=O)c1ncccc1OCC1CCCN1C(=O)C1CCC(C(F)(F)F)CC1. The zero-order valence-corrected chi connectivity index (χ0v) is 18.4. The van der Waals surface area contributed by atoms with E-state index in [4.69, 9.17) is 4.74 Å². The Morgan fingerprint density at radius 2 is 1.91 bits per heavy atom. The van der Waals surface area contributed by atoms with Crippen LogP contribution in [0.5, 0.6) is 5.75 Å². The van der Waals surface area contributed by atoms with E-state index in [9.17, 15) is 27.6 Å². The second-order valence-electron chi connectivity index (χ2n) is 8.34. The van der Waals surface area contributed by atoms with Crippen molar-refractivity contribution in [3.63, 3.8) is 0 Å². The highest BCUT2D eigenvalue weighted by atomic mass is 19.4. The highest BCUT2D eigenvalue weighted by Crippen LogP contribution is 2.40. The topological polar surface area (TPSA) is 97.8 Å². The third kappa shape index (κ3) is 6.35. The maximum atomic E-state index is 13.0. The molecule has 1 atom stereocenters. The van der Waals surface area contributed by atoms with Gasteiger partial charge in [0.25, 0.3) is 5.91 Å². The van der Waals surface area contributed by atoms with Crippen molar-refractivity contribution in [3.05, 3.63) is 24.0 Å². The number of aromatic nitrogens is 1. The van der Waals surface area contributed by atoms with E-state index in [1.54, 1.807) is 17.0 Å². The number of halogens is 3. The third-order valence-electron chi connectivity index (χ3n) is 6.24.